The highest BCUT2D eigenvalue weighted by molar-refractivity contribution is 7.18. The second-order valence-electron chi connectivity index (χ2n) is 3.17. The second-order valence-corrected chi connectivity index (χ2v) is 4.20. The van der Waals surface area contributed by atoms with Crippen molar-refractivity contribution in [3.05, 3.63) is 16.5 Å². The molecule has 0 atom stereocenters. The highest BCUT2D eigenvalue weighted by Gasteiger charge is 2.15. The lowest BCUT2D eigenvalue weighted by atomic mass is 10.2. The van der Waals surface area contributed by atoms with Gasteiger partial charge in [-0.1, -0.05) is 0 Å². The van der Waals surface area contributed by atoms with Crippen molar-refractivity contribution in [3.63, 3.8) is 0 Å². The van der Waals surface area contributed by atoms with Crippen LogP contribution in [0.5, 0.6) is 0 Å². The summed E-state index contributed by atoms with van der Waals surface area (Å²) in [7, 11) is 0. The van der Waals surface area contributed by atoms with Crippen LogP contribution in [0.3, 0.4) is 0 Å². The monoisotopic (exact) mass is 222 g/mol. The van der Waals surface area contributed by atoms with Crippen molar-refractivity contribution in [3.8, 4) is 6.07 Å². The number of nitrogens with zero attached hydrogens (tertiary/aromatic N) is 2. The molecule has 3 nitrogen and oxygen atoms in total. The third-order valence-corrected chi connectivity index (χ3v) is 3.53. The molecule has 0 bridgehead atoms. The molecule has 0 radical (unpaired) electrons. The van der Waals surface area contributed by atoms with Crippen molar-refractivity contribution < 1.29 is 4.79 Å². The summed E-state index contributed by atoms with van der Waals surface area (Å²) in [5.74, 6) is 0.0231. The van der Waals surface area contributed by atoms with Gasteiger partial charge in [0.1, 0.15) is 11.1 Å². The van der Waals surface area contributed by atoms with E-state index in [2.05, 4.69) is 11.0 Å². The van der Waals surface area contributed by atoms with E-state index in [9.17, 15) is 4.79 Å². The van der Waals surface area contributed by atoms with Crippen LogP contribution in [0.2, 0.25) is 0 Å². The van der Waals surface area contributed by atoms with Crippen molar-refractivity contribution in [2.45, 2.75) is 20.8 Å². The third-order valence-electron chi connectivity index (χ3n) is 2.23. The minimum absolute atomic E-state index is 0.0231. The molecule has 4 heteroatoms. The number of carbonyl (C=O) groups excluding carboxylic acids is 1. The fraction of sp³-hybridized carbons (Fsp3) is 0.455. The van der Waals surface area contributed by atoms with Crippen LogP contribution in [0.4, 0.5) is 5.00 Å². The summed E-state index contributed by atoms with van der Waals surface area (Å²) in [6, 6.07) is 3.82. The molecule has 0 aliphatic rings. The molecule has 1 aromatic rings. The summed E-state index contributed by atoms with van der Waals surface area (Å²) < 4.78 is 0. The van der Waals surface area contributed by atoms with E-state index in [1.54, 1.807) is 6.07 Å². The Kier molecular flexibility index (Phi) is 3.87. The predicted molar refractivity (Wildman–Crippen MR) is 62.6 cm³/mol. The normalized spacial score (nSPS) is 9.73. The van der Waals surface area contributed by atoms with Gasteiger partial charge in [0.2, 0.25) is 0 Å². The van der Waals surface area contributed by atoms with Gasteiger partial charge in [0.25, 0.3) is 0 Å². The summed E-state index contributed by atoms with van der Waals surface area (Å²) in [4.78, 5) is 14.0. The van der Waals surface area contributed by atoms with Gasteiger partial charge in [0.15, 0.2) is 5.78 Å². The summed E-state index contributed by atoms with van der Waals surface area (Å²) in [5, 5.41) is 9.88. The lowest BCUT2D eigenvalue weighted by Gasteiger charge is -2.18. The highest BCUT2D eigenvalue weighted by Crippen LogP contribution is 2.31. The van der Waals surface area contributed by atoms with E-state index < -0.39 is 0 Å². The van der Waals surface area contributed by atoms with E-state index in [4.69, 9.17) is 5.26 Å². The molecule has 0 aliphatic carbocycles. The first-order valence-corrected chi connectivity index (χ1v) is 5.75. The predicted octanol–water partition coefficient (Wildman–Crippen LogP) is 2.67. The van der Waals surface area contributed by atoms with Gasteiger partial charge < -0.3 is 4.90 Å². The molecule has 0 saturated carbocycles. The summed E-state index contributed by atoms with van der Waals surface area (Å²) in [6.45, 7) is 7.31. The van der Waals surface area contributed by atoms with Crippen LogP contribution in [0, 0.1) is 11.3 Å². The molecule has 15 heavy (non-hydrogen) atoms. The van der Waals surface area contributed by atoms with Crippen LogP contribution < -0.4 is 4.90 Å². The SMILES string of the molecule is CCN(CC)c1sc(C(C)=O)cc1C#N. The molecule has 0 N–H and O–H groups in total. The Morgan fingerprint density at radius 3 is 2.53 bits per heavy atom. The molecule has 1 aromatic heterocycles. The van der Waals surface area contributed by atoms with Crippen molar-refractivity contribution in [1.82, 2.24) is 0 Å². The van der Waals surface area contributed by atoms with Gasteiger partial charge in [-0.15, -0.1) is 11.3 Å². The van der Waals surface area contributed by atoms with Gasteiger partial charge >= 0.3 is 0 Å². The van der Waals surface area contributed by atoms with Crippen molar-refractivity contribution in [2.24, 2.45) is 0 Å². The Morgan fingerprint density at radius 2 is 2.13 bits per heavy atom. The Bertz CT molecular complexity index is 399. The Labute approximate surface area is 93.9 Å². The molecule has 0 aromatic carbocycles. The van der Waals surface area contributed by atoms with Crippen LogP contribution in [-0.4, -0.2) is 18.9 Å². The number of carbonyl (C=O) groups is 1. The topological polar surface area (TPSA) is 44.1 Å². The molecule has 0 aliphatic heterocycles. The lowest BCUT2D eigenvalue weighted by molar-refractivity contribution is 0.102. The first-order chi connectivity index (χ1) is 7.13. The van der Waals surface area contributed by atoms with Crippen LogP contribution in [0.25, 0.3) is 0 Å². The van der Waals surface area contributed by atoms with Gasteiger partial charge in [-0.25, -0.2) is 0 Å². The number of ketones is 1. The average Bonchev–Trinajstić information content (AvgIpc) is 2.64. The Hall–Kier alpha value is -1.34. The fourth-order valence-corrected chi connectivity index (χ4v) is 2.51. The summed E-state index contributed by atoms with van der Waals surface area (Å²) in [5.41, 5.74) is 0.605. The average molecular weight is 222 g/mol. The smallest absolute Gasteiger partial charge is 0.169 e. The summed E-state index contributed by atoms with van der Waals surface area (Å²) >= 11 is 1.40. The van der Waals surface area contributed by atoms with E-state index in [0.717, 1.165) is 18.1 Å². The first-order valence-electron chi connectivity index (χ1n) is 4.93. The second kappa shape index (κ2) is 4.94. The quantitative estimate of drug-likeness (QED) is 0.736. The van der Waals surface area contributed by atoms with E-state index in [-0.39, 0.29) is 5.78 Å². The van der Waals surface area contributed by atoms with E-state index in [1.807, 2.05) is 13.8 Å². The first kappa shape index (κ1) is 11.7. The zero-order valence-corrected chi connectivity index (χ0v) is 10.0. The van der Waals surface area contributed by atoms with E-state index >= 15 is 0 Å². The number of thiophene rings is 1. The third kappa shape index (κ3) is 2.37. The maximum absolute atomic E-state index is 11.2. The van der Waals surface area contributed by atoms with Crippen LogP contribution in [0.1, 0.15) is 36.0 Å². The van der Waals surface area contributed by atoms with Gasteiger partial charge in [-0.05, 0) is 26.8 Å². The fourth-order valence-electron chi connectivity index (χ4n) is 1.38. The molecular weight excluding hydrogens is 208 g/mol. The molecule has 0 spiro atoms. The lowest BCUT2D eigenvalue weighted by Crippen LogP contribution is -2.21. The molecule has 0 saturated heterocycles. The van der Waals surface area contributed by atoms with Gasteiger partial charge in [0, 0.05) is 13.1 Å². The number of hydrogen-bond donors (Lipinski definition) is 0. The van der Waals surface area contributed by atoms with Crippen molar-refractivity contribution >= 4 is 22.1 Å². The maximum Gasteiger partial charge on any atom is 0.169 e. The van der Waals surface area contributed by atoms with E-state index in [0.29, 0.717) is 10.4 Å². The Balaban J connectivity index is 3.17. The largest absolute Gasteiger partial charge is 0.363 e. The summed E-state index contributed by atoms with van der Waals surface area (Å²) in [6.07, 6.45) is 0. The van der Waals surface area contributed by atoms with Crippen molar-refractivity contribution in [1.29, 1.82) is 5.26 Å². The highest BCUT2D eigenvalue weighted by atomic mass is 32.1. The minimum atomic E-state index is 0.0231. The van der Waals surface area contributed by atoms with Gasteiger partial charge in [0.05, 0.1) is 10.4 Å². The van der Waals surface area contributed by atoms with Crippen LogP contribution in [-0.2, 0) is 0 Å². The zero-order chi connectivity index (χ0) is 11.4. The molecule has 0 amide bonds. The number of hydrogen-bond acceptors (Lipinski definition) is 4. The standard InChI is InChI=1S/C11H14N2OS/c1-4-13(5-2)11-9(7-12)6-10(15-11)8(3)14/h6H,4-5H2,1-3H3. The van der Waals surface area contributed by atoms with E-state index in [1.165, 1.54) is 18.3 Å². The van der Waals surface area contributed by atoms with Crippen LogP contribution in [0.15, 0.2) is 6.07 Å². The number of anilines is 1. The molecule has 80 valence electrons. The van der Waals surface area contributed by atoms with Gasteiger partial charge in [-0.2, -0.15) is 5.26 Å². The molecule has 1 rings (SSSR count). The zero-order valence-electron chi connectivity index (χ0n) is 9.20. The molecule has 1 heterocycles. The molecule has 0 fully saturated rings. The van der Waals surface area contributed by atoms with Gasteiger partial charge in [-0.3, -0.25) is 4.79 Å². The minimum Gasteiger partial charge on any atom is -0.363 e. The van der Waals surface area contributed by atoms with Crippen LogP contribution >= 0.6 is 11.3 Å². The molecular formula is C11H14N2OS. The number of nitriles is 1. The number of rotatable bonds is 4. The maximum atomic E-state index is 11.2. The molecule has 0 unspecified atom stereocenters. The number of Topliss-reactive ketones (excluding diaryl/α,β-unsaturated/α-hetero) is 1. The van der Waals surface area contributed by atoms with Crippen molar-refractivity contribution in [2.75, 3.05) is 18.0 Å². The Morgan fingerprint density at radius 1 is 1.53 bits per heavy atom.